The van der Waals surface area contributed by atoms with E-state index in [1.54, 1.807) is 0 Å². The van der Waals surface area contributed by atoms with Crippen molar-refractivity contribution >= 4 is 21.9 Å². The number of primary amides is 1. The van der Waals surface area contributed by atoms with E-state index in [1.165, 1.54) is 57.8 Å². The van der Waals surface area contributed by atoms with E-state index in [2.05, 4.69) is 24.4 Å². The largest absolute Gasteiger partial charge is 0.370 e. The third-order valence-corrected chi connectivity index (χ3v) is 6.13. The van der Waals surface area contributed by atoms with Crippen LogP contribution >= 0.6 is 0 Å². The van der Waals surface area contributed by atoms with Gasteiger partial charge in [-0.15, -0.1) is 0 Å². The minimum absolute atomic E-state index is 0.310. The first kappa shape index (κ1) is 28.6. The zero-order valence-corrected chi connectivity index (χ0v) is 19.4. The monoisotopic (exact) mass is 446 g/mol. The second-order valence-corrected chi connectivity index (χ2v) is 9.50. The molecule has 4 N–H and O–H groups in total. The number of allylic oxidation sites excluding steroid dienone is 2. The summed E-state index contributed by atoms with van der Waals surface area (Å²) in [4.78, 5) is 22.7. The van der Waals surface area contributed by atoms with Crippen LogP contribution in [0.1, 0.15) is 103 Å². The molecule has 0 bridgehead atoms. The van der Waals surface area contributed by atoms with Gasteiger partial charge in [0.15, 0.2) is 5.25 Å². The predicted octanol–water partition coefficient (Wildman–Crippen LogP) is 4.27. The molecule has 0 spiro atoms. The van der Waals surface area contributed by atoms with E-state index in [9.17, 15) is 18.0 Å². The molecular formula is C22H42N2O5S. The van der Waals surface area contributed by atoms with Gasteiger partial charge in [0.25, 0.3) is 10.1 Å². The fraction of sp³-hybridized carbons (Fsp3) is 0.818. The Morgan fingerprint density at radius 1 is 0.867 bits per heavy atom. The maximum atomic E-state index is 11.8. The fourth-order valence-electron chi connectivity index (χ4n) is 3.21. The number of rotatable bonds is 20. The zero-order valence-electron chi connectivity index (χ0n) is 18.6. The van der Waals surface area contributed by atoms with Crippen molar-refractivity contribution in [2.75, 3.05) is 6.54 Å². The number of hydrogen-bond donors (Lipinski definition) is 3. The van der Waals surface area contributed by atoms with E-state index in [4.69, 9.17) is 10.3 Å². The quantitative estimate of drug-likeness (QED) is 0.146. The topological polar surface area (TPSA) is 127 Å². The lowest BCUT2D eigenvalue weighted by molar-refractivity contribution is -0.124. The van der Waals surface area contributed by atoms with Crippen molar-refractivity contribution < 1.29 is 22.6 Å². The van der Waals surface area contributed by atoms with Crippen molar-refractivity contribution in [3.05, 3.63) is 12.2 Å². The summed E-state index contributed by atoms with van der Waals surface area (Å²) in [5, 5.41) is 0.620. The molecular weight excluding hydrogens is 404 g/mol. The van der Waals surface area contributed by atoms with Gasteiger partial charge in [-0.3, -0.25) is 14.1 Å². The number of nitrogens with two attached hydrogens (primary N) is 1. The van der Waals surface area contributed by atoms with E-state index < -0.39 is 33.6 Å². The second-order valence-electron chi connectivity index (χ2n) is 7.90. The van der Waals surface area contributed by atoms with Crippen LogP contribution in [0.25, 0.3) is 0 Å². The molecule has 2 amide bonds. The van der Waals surface area contributed by atoms with E-state index in [-0.39, 0.29) is 0 Å². The van der Waals surface area contributed by atoms with Crippen LogP contribution in [0.4, 0.5) is 0 Å². The summed E-state index contributed by atoms with van der Waals surface area (Å²) in [6.45, 7) is 2.55. The summed E-state index contributed by atoms with van der Waals surface area (Å²) in [6, 6.07) is 0. The van der Waals surface area contributed by atoms with Gasteiger partial charge in [-0.25, -0.2) is 0 Å². The standard InChI is InChI=1S/C22H42N2O5S/c1-2-3-4-5-6-7-8-9-10-11-12-13-14-15-16-17-18-24-22(26)20(19-21(23)25)30(27,28)29/h9-10,20H,2-8,11-19H2,1H3,(H2,23,25)(H,24,26)(H,27,28,29). The molecule has 0 fully saturated rings. The zero-order chi connectivity index (χ0) is 22.7. The molecule has 0 saturated carbocycles. The summed E-state index contributed by atoms with van der Waals surface area (Å²) in [5.41, 5.74) is 4.92. The normalized spacial score (nSPS) is 12.9. The Bertz CT molecular complexity index is 590. The molecule has 1 unspecified atom stereocenters. The van der Waals surface area contributed by atoms with Gasteiger partial charge in [0.2, 0.25) is 11.8 Å². The summed E-state index contributed by atoms with van der Waals surface area (Å²) < 4.78 is 31.4. The van der Waals surface area contributed by atoms with Crippen molar-refractivity contribution in [2.45, 2.75) is 108 Å². The highest BCUT2D eigenvalue weighted by atomic mass is 32.2. The van der Waals surface area contributed by atoms with Crippen molar-refractivity contribution in [2.24, 2.45) is 5.73 Å². The van der Waals surface area contributed by atoms with Crippen LogP contribution in [0.2, 0.25) is 0 Å². The average Bonchev–Trinajstić information content (AvgIpc) is 2.67. The van der Waals surface area contributed by atoms with Gasteiger partial charge >= 0.3 is 0 Å². The number of unbranched alkanes of at least 4 members (excludes halogenated alkanes) is 12. The summed E-state index contributed by atoms with van der Waals surface area (Å²) in [6.07, 6.45) is 20.4. The molecule has 176 valence electrons. The van der Waals surface area contributed by atoms with E-state index >= 15 is 0 Å². The molecule has 0 aromatic carbocycles. The summed E-state index contributed by atoms with van der Waals surface area (Å²) in [5.74, 6) is -1.84. The second kappa shape index (κ2) is 18.4. The number of hydrogen-bond acceptors (Lipinski definition) is 4. The summed E-state index contributed by atoms with van der Waals surface area (Å²) in [7, 11) is -4.65. The van der Waals surface area contributed by atoms with Crippen molar-refractivity contribution in [1.82, 2.24) is 5.32 Å². The molecule has 0 heterocycles. The van der Waals surface area contributed by atoms with E-state index in [0.717, 1.165) is 32.1 Å². The first-order valence-corrected chi connectivity index (χ1v) is 13.0. The Labute approximate surface area is 183 Å². The lowest BCUT2D eigenvalue weighted by atomic mass is 10.1. The van der Waals surface area contributed by atoms with E-state index in [0.29, 0.717) is 6.54 Å². The molecule has 0 aliphatic rings. The first-order chi connectivity index (χ1) is 14.3. The summed E-state index contributed by atoms with van der Waals surface area (Å²) >= 11 is 0. The molecule has 1 atom stereocenters. The number of carbonyl (C=O) groups is 2. The molecule has 0 aliphatic carbocycles. The Morgan fingerprint density at radius 2 is 1.33 bits per heavy atom. The van der Waals surface area contributed by atoms with Gasteiger partial charge in [-0.1, -0.05) is 76.9 Å². The molecule has 0 aromatic rings. The van der Waals surface area contributed by atoms with Gasteiger partial charge in [-0.05, 0) is 32.1 Å². The molecule has 0 aromatic heterocycles. The third-order valence-electron chi connectivity index (χ3n) is 5.03. The molecule has 0 saturated heterocycles. The van der Waals surface area contributed by atoms with Crippen LogP contribution in [0.15, 0.2) is 12.2 Å². The minimum atomic E-state index is -4.65. The van der Waals surface area contributed by atoms with Gasteiger partial charge in [0.1, 0.15) is 0 Å². The maximum absolute atomic E-state index is 11.8. The van der Waals surface area contributed by atoms with Crippen LogP contribution in [0.3, 0.4) is 0 Å². The van der Waals surface area contributed by atoms with Crippen LogP contribution in [-0.4, -0.2) is 36.6 Å². The molecule has 0 aliphatic heterocycles. The Hall–Kier alpha value is -1.41. The van der Waals surface area contributed by atoms with Gasteiger partial charge in [-0.2, -0.15) is 8.42 Å². The van der Waals surface area contributed by atoms with E-state index in [1.807, 2.05) is 0 Å². The minimum Gasteiger partial charge on any atom is -0.370 e. The smallest absolute Gasteiger partial charge is 0.277 e. The van der Waals surface area contributed by atoms with Crippen molar-refractivity contribution in [3.8, 4) is 0 Å². The third kappa shape index (κ3) is 17.4. The molecule has 8 heteroatoms. The number of carbonyl (C=O) groups excluding carboxylic acids is 2. The Morgan fingerprint density at radius 3 is 1.80 bits per heavy atom. The molecule has 30 heavy (non-hydrogen) atoms. The average molecular weight is 447 g/mol. The van der Waals surface area contributed by atoms with Crippen LogP contribution in [-0.2, 0) is 19.7 Å². The first-order valence-electron chi connectivity index (χ1n) is 11.5. The van der Waals surface area contributed by atoms with Crippen LogP contribution < -0.4 is 11.1 Å². The SMILES string of the molecule is CCCCCCCCC=CCCCCCCCCNC(=O)C(CC(N)=O)S(=O)(=O)O. The lowest BCUT2D eigenvalue weighted by Gasteiger charge is -2.12. The van der Waals surface area contributed by atoms with Gasteiger partial charge in [0.05, 0.1) is 6.42 Å². The van der Waals surface area contributed by atoms with Crippen LogP contribution in [0.5, 0.6) is 0 Å². The van der Waals surface area contributed by atoms with Gasteiger partial charge < -0.3 is 11.1 Å². The fourth-order valence-corrected chi connectivity index (χ4v) is 3.94. The Kier molecular flexibility index (Phi) is 17.5. The predicted molar refractivity (Wildman–Crippen MR) is 122 cm³/mol. The Balaban J connectivity index is 3.58. The highest BCUT2D eigenvalue weighted by Gasteiger charge is 2.32. The maximum Gasteiger partial charge on any atom is 0.277 e. The number of nitrogens with one attached hydrogen (secondary N) is 1. The van der Waals surface area contributed by atoms with Gasteiger partial charge in [0, 0.05) is 6.54 Å². The molecule has 0 radical (unpaired) electrons. The highest BCUT2D eigenvalue weighted by molar-refractivity contribution is 7.87. The van der Waals surface area contributed by atoms with Crippen molar-refractivity contribution in [3.63, 3.8) is 0 Å². The molecule has 7 nitrogen and oxygen atoms in total. The lowest BCUT2D eigenvalue weighted by Crippen LogP contribution is -2.42. The molecule has 0 rings (SSSR count). The van der Waals surface area contributed by atoms with Crippen LogP contribution in [0, 0.1) is 0 Å². The highest BCUT2D eigenvalue weighted by Crippen LogP contribution is 2.10. The van der Waals surface area contributed by atoms with Crippen molar-refractivity contribution in [1.29, 1.82) is 0 Å². The number of amides is 2.